The minimum absolute atomic E-state index is 0.0484. The van der Waals surface area contributed by atoms with E-state index in [1.807, 2.05) is 70.2 Å². The Labute approximate surface area is 313 Å². The minimum atomic E-state index is -0.665. The van der Waals surface area contributed by atoms with Crippen molar-refractivity contribution in [2.75, 3.05) is 18.0 Å². The van der Waals surface area contributed by atoms with Gasteiger partial charge in [-0.2, -0.15) is 0 Å². The van der Waals surface area contributed by atoms with Crippen LogP contribution in [0.25, 0.3) is 0 Å². The van der Waals surface area contributed by atoms with Gasteiger partial charge in [0.1, 0.15) is 23.9 Å². The standard InChI is InChI=1S/C41H57N5O7/c1-26(32(19-20-34(42)48)43-39(51)33-24-29-15-9-13-28-14-10-18-36(50)46(33)37(28)29)53-31-16-8-12-27(23-31)11-6-5-7-17-35(49)44-38(41(2,3)4)40(52)45-22-21-30(47)25-45/h8-9,12-13,15-16,23,26,30,32-33,38,47H,5-7,10-11,14,17-22,24-25H2,1-4H3,(H2,42,48)(H,43,51)(H,44,49)/t26-,30-,32+,33+,38-/m1/s1. The zero-order chi connectivity index (χ0) is 38.3. The van der Waals surface area contributed by atoms with Crippen LogP contribution < -0.4 is 26.0 Å². The summed E-state index contributed by atoms with van der Waals surface area (Å²) in [6, 6.07) is 11.9. The molecule has 3 heterocycles. The number of nitrogens with zero attached hydrogens (tertiary/aromatic N) is 2. The predicted octanol–water partition coefficient (Wildman–Crippen LogP) is 3.73. The van der Waals surface area contributed by atoms with Gasteiger partial charge in [0, 0.05) is 38.8 Å². The number of aryl methyl sites for hydroxylation is 2. The number of carbonyl (C=O) groups excluding carboxylic acids is 5. The molecule has 0 aliphatic carbocycles. The molecule has 53 heavy (non-hydrogen) atoms. The molecule has 5 rings (SSSR count). The van der Waals surface area contributed by atoms with Crippen molar-refractivity contribution in [3.8, 4) is 5.75 Å². The first kappa shape index (κ1) is 39.8. The molecule has 0 spiro atoms. The summed E-state index contributed by atoms with van der Waals surface area (Å²) in [5, 5.41) is 15.9. The third-order valence-corrected chi connectivity index (χ3v) is 10.7. The number of rotatable bonds is 16. The van der Waals surface area contributed by atoms with Gasteiger partial charge in [-0.05, 0) is 86.1 Å². The molecule has 5 N–H and O–H groups in total. The molecular formula is C41H57N5O7. The summed E-state index contributed by atoms with van der Waals surface area (Å²) in [5.41, 5.74) is 9.07. The third-order valence-electron chi connectivity index (χ3n) is 10.7. The summed E-state index contributed by atoms with van der Waals surface area (Å²) in [6.45, 7) is 8.45. The van der Waals surface area contributed by atoms with Crippen LogP contribution in [0.3, 0.4) is 0 Å². The fourth-order valence-corrected chi connectivity index (χ4v) is 7.70. The molecule has 5 amide bonds. The van der Waals surface area contributed by atoms with Gasteiger partial charge in [0.15, 0.2) is 0 Å². The van der Waals surface area contributed by atoms with Crippen LogP contribution in [0.4, 0.5) is 5.69 Å². The first-order valence-corrected chi connectivity index (χ1v) is 19.2. The fraction of sp³-hybridized carbons (Fsp3) is 0.585. The lowest BCUT2D eigenvalue weighted by molar-refractivity contribution is -0.138. The smallest absolute Gasteiger partial charge is 0.245 e. The molecule has 1 saturated heterocycles. The quantitative estimate of drug-likeness (QED) is 0.191. The largest absolute Gasteiger partial charge is 0.489 e. The number of aliphatic hydroxyl groups excluding tert-OH is 1. The average molecular weight is 732 g/mol. The Hall–Kier alpha value is -4.45. The number of para-hydroxylation sites is 1. The normalized spacial score (nSPS) is 19.9. The van der Waals surface area contributed by atoms with Gasteiger partial charge in [0.2, 0.25) is 29.5 Å². The number of nitrogens with two attached hydrogens (primary N) is 1. The number of hydrogen-bond acceptors (Lipinski definition) is 7. The summed E-state index contributed by atoms with van der Waals surface area (Å²) < 4.78 is 6.34. The summed E-state index contributed by atoms with van der Waals surface area (Å²) >= 11 is 0. The first-order chi connectivity index (χ1) is 25.2. The Morgan fingerprint density at radius 1 is 1.00 bits per heavy atom. The maximum absolute atomic E-state index is 13.8. The highest BCUT2D eigenvalue weighted by molar-refractivity contribution is 6.04. The second-order valence-corrected chi connectivity index (χ2v) is 16.0. The first-order valence-electron chi connectivity index (χ1n) is 19.2. The van der Waals surface area contributed by atoms with Crippen LogP contribution in [0.15, 0.2) is 42.5 Å². The van der Waals surface area contributed by atoms with Crippen LogP contribution in [0, 0.1) is 5.41 Å². The van der Waals surface area contributed by atoms with Crippen molar-refractivity contribution < 1.29 is 33.8 Å². The molecule has 12 heteroatoms. The lowest BCUT2D eigenvalue weighted by Crippen LogP contribution is -2.54. The number of unbranched alkanes of at least 4 members (excludes halogenated alkanes) is 2. The number of amides is 5. The van der Waals surface area contributed by atoms with E-state index in [0.717, 1.165) is 54.5 Å². The number of aliphatic hydroxyl groups is 1. The highest BCUT2D eigenvalue weighted by atomic mass is 16.5. The second kappa shape index (κ2) is 17.6. The van der Waals surface area contributed by atoms with Crippen LogP contribution in [0.2, 0.25) is 0 Å². The molecule has 3 aliphatic rings. The maximum atomic E-state index is 13.8. The van der Waals surface area contributed by atoms with E-state index in [9.17, 15) is 29.1 Å². The molecule has 1 fully saturated rings. The predicted molar refractivity (Wildman–Crippen MR) is 202 cm³/mol. The van der Waals surface area contributed by atoms with Gasteiger partial charge < -0.3 is 31.1 Å². The Morgan fingerprint density at radius 2 is 1.75 bits per heavy atom. The van der Waals surface area contributed by atoms with E-state index in [0.29, 0.717) is 57.4 Å². The van der Waals surface area contributed by atoms with Crippen LogP contribution in [0.5, 0.6) is 5.75 Å². The average Bonchev–Trinajstić information content (AvgIpc) is 3.68. The molecule has 0 unspecified atom stereocenters. The molecule has 12 nitrogen and oxygen atoms in total. The summed E-state index contributed by atoms with van der Waals surface area (Å²) in [7, 11) is 0. The Kier molecular flexibility index (Phi) is 13.2. The maximum Gasteiger partial charge on any atom is 0.245 e. The van der Waals surface area contributed by atoms with E-state index in [1.165, 1.54) is 0 Å². The number of nitrogens with one attached hydrogen (secondary N) is 2. The zero-order valence-electron chi connectivity index (χ0n) is 31.7. The summed E-state index contributed by atoms with van der Waals surface area (Å²) in [4.78, 5) is 68.1. The fourth-order valence-electron chi connectivity index (χ4n) is 7.70. The molecule has 0 bridgehead atoms. The SMILES string of the molecule is C[C@@H](Oc1cccc(CCCCCC(=O)N[C@H](C(=O)N2CC[C@@H](O)C2)C(C)(C)C)c1)[C@H](CCC(N)=O)NC(=O)[C@@H]1Cc2cccc3c2N1C(=O)CCC3. The summed E-state index contributed by atoms with van der Waals surface area (Å²) in [5.74, 6) is -0.457. The van der Waals surface area contributed by atoms with Crippen molar-refractivity contribution >= 4 is 35.2 Å². The monoisotopic (exact) mass is 731 g/mol. The van der Waals surface area contributed by atoms with Crippen LogP contribution in [-0.4, -0.2) is 83.0 Å². The Bertz CT molecular complexity index is 1660. The van der Waals surface area contributed by atoms with Gasteiger partial charge in [-0.3, -0.25) is 28.9 Å². The number of hydrogen-bond donors (Lipinski definition) is 4. The molecule has 288 valence electrons. The van der Waals surface area contributed by atoms with Crippen molar-refractivity contribution in [2.24, 2.45) is 11.1 Å². The van der Waals surface area contributed by atoms with Crippen LogP contribution >= 0.6 is 0 Å². The van der Waals surface area contributed by atoms with E-state index >= 15 is 0 Å². The van der Waals surface area contributed by atoms with Gasteiger partial charge in [0.25, 0.3) is 0 Å². The Balaban J connectivity index is 1.12. The van der Waals surface area contributed by atoms with E-state index < -0.39 is 41.7 Å². The molecular weight excluding hydrogens is 674 g/mol. The van der Waals surface area contributed by atoms with E-state index in [-0.39, 0.29) is 30.0 Å². The zero-order valence-corrected chi connectivity index (χ0v) is 31.7. The number of likely N-dealkylation sites (tertiary alicyclic amines) is 1. The molecule has 0 saturated carbocycles. The Morgan fingerprint density at radius 3 is 2.47 bits per heavy atom. The van der Waals surface area contributed by atoms with Gasteiger partial charge in [-0.25, -0.2) is 0 Å². The second-order valence-electron chi connectivity index (χ2n) is 16.0. The van der Waals surface area contributed by atoms with Crippen molar-refractivity contribution in [3.63, 3.8) is 0 Å². The van der Waals surface area contributed by atoms with Crippen molar-refractivity contribution in [2.45, 2.75) is 135 Å². The number of primary amides is 1. The van der Waals surface area contributed by atoms with E-state index in [4.69, 9.17) is 10.5 Å². The third kappa shape index (κ3) is 10.4. The minimum Gasteiger partial charge on any atom is -0.489 e. The van der Waals surface area contributed by atoms with Gasteiger partial charge in [-0.1, -0.05) is 57.5 Å². The molecule has 2 aromatic rings. The molecule has 0 aromatic heterocycles. The van der Waals surface area contributed by atoms with Crippen molar-refractivity contribution in [3.05, 3.63) is 59.2 Å². The van der Waals surface area contributed by atoms with Gasteiger partial charge >= 0.3 is 0 Å². The van der Waals surface area contributed by atoms with E-state index in [1.54, 1.807) is 9.80 Å². The lowest BCUT2D eigenvalue weighted by Gasteiger charge is -2.33. The number of anilines is 1. The van der Waals surface area contributed by atoms with Crippen molar-refractivity contribution in [1.82, 2.24) is 15.5 Å². The number of β-amino-alcohol motifs (C(OH)–C–C–N with tert-alkyl or cyclic N) is 1. The summed E-state index contributed by atoms with van der Waals surface area (Å²) in [6.07, 6.45) is 5.76. The lowest BCUT2D eigenvalue weighted by atomic mass is 9.85. The van der Waals surface area contributed by atoms with Crippen molar-refractivity contribution in [1.29, 1.82) is 0 Å². The molecule has 0 radical (unpaired) electrons. The number of ether oxygens (including phenoxy) is 1. The number of carbonyl (C=O) groups is 5. The highest BCUT2D eigenvalue weighted by Gasteiger charge is 2.42. The van der Waals surface area contributed by atoms with E-state index in [2.05, 4.69) is 10.6 Å². The van der Waals surface area contributed by atoms with Gasteiger partial charge in [-0.15, -0.1) is 0 Å². The highest BCUT2D eigenvalue weighted by Crippen LogP contribution is 2.39. The van der Waals surface area contributed by atoms with Gasteiger partial charge in [0.05, 0.1) is 17.8 Å². The van der Waals surface area contributed by atoms with Crippen LogP contribution in [-0.2, 0) is 43.2 Å². The molecule has 2 aromatic carbocycles. The molecule has 3 aliphatic heterocycles. The number of benzene rings is 2. The topological polar surface area (TPSA) is 171 Å². The van der Waals surface area contributed by atoms with Crippen LogP contribution in [0.1, 0.15) is 102 Å². The molecule has 5 atom stereocenters.